The van der Waals surface area contributed by atoms with Gasteiger partial charge in [-0.1, -0.05) is 18.2 Å². The lowest BCUT2D eigenvalue weighted by atomic mass is 10.1. The normalized spacial score (nSPS) is 20.9. The minimum atomic E-state index is -0.702. The molecular weight excluding hydrogens is 193 g/mol. The second kappa shape index (κ2) is 4.62. The molecule has 0 radical (unpaired) electrons. The summed E-state index contributed by atoms with van der Waals surface area (Å²) in [6.45, 7) is 1.41. The molecule has 0 amide bonds. The summed E-state index contributed by atoms with van der Waals surface area (Å²) >= 11 is 0. The van der Waals surface area contributed by atoms with Crippen molar-refractivity contribution in [2.24, 2.45) is 0 Å². The van der Waals surface area contributed by atoms with E-state index in [-0.39, 0.29) is 6.61 Å². The molecule has 1 N–H and O–H groups in total. The van der Waals surface area contributed by atoms with Gasteiger partial charge in [0.2, 0.25) is 0 Å². The third-order valence-corrected chi connectivity index (χ3v) is 2.84. The Bertz CT molecular complexity index is 329. The van der Waals surface area contributed by atoms with Crippen molar-refractivity contribution >= 4 is 5.69 Å². The highest BCUT2D eigenvalue weighted by atomic mass is 19.1. The molecule has 0 saturated carbocycles. The van der Waals surface area contributed by atoms with Gasteiger partial charge in [-0.3, -0.25) is 0 Å². The van der Waals surface area contributed by atoms with Crippen molar-refractivity contribution in [1.82, 2.24) is 0 Å². The maximum Gasteiger partial charge on any atom is 0.119 e. The molecule has 0 aliphatic carbocycles. The first kappa shape index (κ1) is 10.4. The number of rotatable bonds is 3. The van der Waals surface area contributed by atoms with Gasteiger partial charge < -0.3 is 10.0 Å². The van der Waals surface area contributed by atoms with Crippen molar-refractivity contribution < 1.29 is 9.50 Å². The van der Waals surface area contributed by atoms with Crippen LogP contribution >= 0.6 is 0 Å². The topological polar surface area (TPSA) is 23.5 Å². The quantitative estimate of drug-likeness (QED) is 0.820. The van der Waals surface area contributed by atoms with E-state index in [0.29, 0.717) is 19.4 Å². The minimum Gasteiger partial charge on any atom is -0.396 e. The van der Waals surface area contributed by atoms with E-state index in [9.17, 15) is 4.39 Å². The molecule has 3 heteroatoms. The molecule has 0 unspecified atom stereocenters. The number of aliphatic hydroxyl groups excluding tert-OH is 1. The molecule has 0 aromatic heterocycles. The predicted molar refractivity (Wildman–Crippen MR) is 59.0 cm³/mol. The van der Waals surface area contributed by atoms with Crippen LogP contribution in [0.2, 0.25) is 0 Å². The molecule has 82 valence electrons. The third-order valence-electron chi connectivity index (χ3n) is 2.84. The van der Waals surface area contributed by atoms with Crippen LogP contribution in [-0.4, -0.2) is 31.0 Å². The Labute approximate surface area is 89.3 Å². The van der Waals surface area contributed by atoms with E-state index in [1.54, 1.807) is 0 Å². The molecule has 1 atom stereocenters. The van der Waals surface area contributed by atoms with E-state index < -0.39 is 6.17 Å². The average molecular weight is 209 g/mol. The van der Waals surface area contributed by atoms with Crippen molar-refractivity contribution in [1.29, 1.82) is 0 Å². The molecule has 1 aromatic rings. The van der Waals surface area contributed by atoms with Gasteiger partial charge in [0.1, 0.15) is 6.17 Å². The number of anilines is 1. The summed E-state index contributed by atoms with van der Waals surface area (Å²) in [5, 5.41) is 8.95. The minimum absolute atomic E-state index is 0.143. The van der Waals surface area contributed by atoms with Gasteiger partial charge in [0.25, 0.3) is 0 Å². The summed E-state index contributed by atoms with van der Waals surface area (Å²) < 4.78 is 13.1. The van der Waals surface area contributed by atoms with Crippen molar-refractivity contribution in [3.63, 3.8) is 0 Å². The standard InChI is InChI=1S/C12H16FNO/c13-11-5-7-14(9-11)12-4-2-1-3-10(12)6-8-15/h1-4,11,15H,5-9H2/t11-/m1/s1. The Morgan fingerprint density at radius 3 is 2.87 bits per heavy atom. The van der Waals surface area contributed by atoms with Crippen LogP contribution in [0.25, 0.3) is 0 Å². The van der Waals surface area contributed by atoms with Gasteiger partial charge in [-0.2, -0.15) is 0 Å². The Kier molecular flexibility index (Phi) is 3.21. The van der Waals surface area contributed by atoms with Gasteiger partial charge in [0, 0.05) is 25.4 Å². The van der Waals surface area contributed by atoms with E-state index in [4.69, 9.17) is 5.11 Å². The largest absolute Gasteiger partial charge is 0.396 e. The van der Waals surface area contributed by atoms with Crippen LogP contribution in [0.15, 0.2) is 24.3 Å². The van der Waals surface area contributed by atoms with Crippen LogP contribution < -0.4 is 4.90 Å². The third kappa shape index (κ3) is 2.29. The molecule has 15 heavy (non-hydrogen) atoms. The summed E-state index contributed by atoms with van der Waals surface area (Å²) in [6, 6.07) is 7.92. The fourth-order valence-electron chi connectivity index (χ4n) is 2.09. The Hall–Kier alpha value is -1.09. The molecule has 1 aliphatic rings. The lowest BCUT2D eigenvalue weighted by Gasteiger charge is -2.20. The molecule has 1 heterocycles. The lowest BCUT2D eigenvalue weighted by molar-refractivity contribution is 0.299. The number of halogens is 1. The molecule has 0 bridgehead atoms. The Balaban J connectivity index is 2.19. The van der Waals surface area contributed by atoms with Crippen LogP contribution in [0.1, 0.15) is 12.0 Å². The van der Waals surface area contributed by atoms with Crippen molar-refractivity contribution in [3.05, 3.63) is 29.8 Å². The molecule has 2 nitrogen and oxygen atoms in total. The van der Waals surface area contributed by atoms with Crippen LogP contribution in [0, 0.1) is 0 Å². The van der Waals surface area contributed by atoms with Gasteiger partial charge in [-0.25, -0.2) is 4.39 Å². The number of para-hydroxylation sites is 1. The van der Waals surface area contributed by atoms with Crippen LogP contribution in [-0.2, 0) is 6.42 Å². The van der Waals surface area contributed by atoms with Gasteiger partial charge in [-0.15, -0.1) is 0 Å². The van der Waals surface area contributed by atoms with E-state index in [2.05, 4.69) is 4.90 Å². The van der Waals surface area contributed by atoms with E-state index >= 15 is 0 Å². The fourth-order valence-corrected chi connectivity index (χ4v) is 2.09. The molecule has 0 spiro atoms. The maximum atomic E-state index is 13.1. The average Bonchev–Trinajstić information content (AvgIpc) is 2.66. The van der Waals surface area contributed by atoms with Crippen molar-refractivity contribution in [3.8, 4) is 0 Å². The van der Waals surface area contributed by atoms with Crippen molar-refractivity contribution in [2.75, 3.05) is 24.6 Å². The summed E-state index contributed by atoms with van der Waals surface area (Å²) in [5.74, 6) is 0. The van der Waals surface area contributed by atoms with Crippen LogP contribution in [0.5, 0.6) is 0 Å². The fraction of sp³-hybridized carbons (Fsp3) is 0.500. The molecular formula is C12H16FNO. The summed E-state index contributed by atoms with van der Waals surface area (Å²) in [4.78, 5) is 2.07. The number of aliphatic hydroxyl groups is 1. The lowest BCUT2D eigenvalue weighted by Crippen LogP contribution is -2.21. The predicted octanol–water partition coefficient (Wildman–Crippen LogP) is 1.77. The maximum absolute atomic E-state index is 13.1. The number of nitrogens with zero attached hydrogens (tertiary/aromatic N) is 1. The highest BCUT2D eigenvalue weighted by Gasteiger charge is 2.23. The molecule has 1 aliphatic heterocycles. The van der Waals surface area contributed by atoms with Gasteiger partial charge in [-0.05, 0) is 24.5 Å². The summed E-state index contributed by atoms with van der Waals surface area (Å²) in [7, 11) is 0. The second-order valence-corrected chi connectivity index (χ2v) is 3.93. The number of hydrogen-bond donors (Lipinski definition) is 1. The van der Waals surface area contributed by atoms with Gasteiger partial charge in [0.05, 0.1) is 0 Å². The molecule has 1 aromatic carbocycles. The number of benzene rings is 1. The highest BCUT2D eigenvalue weighted by molar-refractivity contribution is 5.54. The summed E-state index contributed by atoms with van der Waals surface area (Å²) in [5.41, 5.74) is 2.18. The smallest absolute Gasteiger partial charge is 0.119 e. The van der Waals surface area contributed by atoms with E-state index in [0.717, 1.165) is 17.8 Å². The van der Waals surface area contributed by atoms with Gasteiger partial charge in [0.15, 0.2) is 0 Å². The van der Waals surface area contributed by atoms with Crippen LogP contribution in [0.3, 0.4) is 0 Å². The van der Waals surface area contributed by atoms with E-state index in [1.165, 1.54) is 0 Å². The van der Waals surface area contributed by atoms with Crippen LogP contribution in [0.4, 0.5) is 10.1 Å². The van der Waals surface area contributed by atoms with E-state index in [1.807, 2.05) is 24.3 Å². The molecule has 1 fully saturated rings. The Morgan fingerprint density at radius 2 is 2.20 bits per heavy atom. The number of hydrogen-bond acceptors (Lipinski definition) is 2. The first-order chi connectivity index (χ1) is 7.31. The Morgan fingerprint density at radius 1 is 1.40 bits per heavy atom. The van der Waals surface area contributed by atoms with Gasteiger partial charge >= 0.3 is 0 Å². The molecule has 2 rings (SSSR count). The zero-order valence-corrected chi connectivity index (χ0v) is 8.69. The first-order valence-electron chi connectivity index (χ1n) is 5.39. The molecule has 1 saturated heterocycles. The SMILES string of the molecule is OCCc1ccccc1N1CC[C@@H](F)C1. The second-order valence-electron chi connectivity index (χ2n) is 3.93. The van der Waals surface area contributed by atoms with Crippen molar-refractivity contribution in [2.45, 2.75) is 19.0 Å². The first-order valence-corrected chi connectivity index (χ1v) is 5.39. The monoisotopic (exact) mass is 209 g/mol. The zero-order chi connectivity index (χ0) is 10.7. The highest BCUT2D eigenvalue weighted by Crippen LogP contribution is 2.25. The summed E-state index contributed by atoms with van der Waals surface area (Å²) in [6.07, 6.45) is 0.559. The zero-order valence-electron chi connectivity index (χ0n) is 8.69. The number of alkyl halides is 1.